The number of allylic oxidation sites excluding steroid dienone is 1. The molecular weight excluding hydrogens is 518 g/mol. The van der Waals surface area contributed by atoms with E-state index in [9.17, 15) is 13.2 Å². The predicted octanol–water partition coefficient (Wildman–Crippen LogP) is 6.31. The van der Waals surface area contributed by atoms with E-state index in [1.807, 2.05) is 24.4 Å². The summed E-state index contributed by atoms with van der Waals surface area (Å²) in [6.07, 6.45) is 5.04. The van der Waals surface area contributed by atoms with E-state index in [0.29, 0.717) is 23.0 Å². The van der Waals surface area contributed by atoms with E-state index in [-0.39, 0.29) is 10.7 Å². The summed E-state index contributed by atoms with van der Waals surface area (Å²) >= 11 is 1.57. The Labute approximate surface area is 226 Å². The second-order valence-corrected chi connectivity index (χ2v) is 12.3. The van der Waals surface area contributed by atoms with Crippen LogP contribution < -0.4 is 15.4 Å². The molecule has 2 heterocycles. The number of ketones is 1. The summed E-state index contributed by atoms with van der Waals surface area (Å²) in [6, 6.07) is 17.5. The van der Waals surface area contributed by atoms with Crippen LogP contribution in [0.3, 0.4) is 0 Å². The van der Waals surface area contributed by atoms with Gasteiger partial charge >= 0.3 is 0 Å². The molecule has 0 saturated carbocycles. The van der Waals surface area contributed by atoms with Crippen molar-refractivity contribution in [1.82, 2.24) is 14.7 Å². The van der Waals surface area contributed by atoms with Gasteiger partial charge in [0, 0.05) is 39.1 Å². The molecule has 0 fully saturated rings. The summed E-state index contributed by atoms with van der Waals surface area (Å²) < 4.78 is 28.1. The van der Waals surface area contributed by atoms with Crippen LogP contribution in [0.15, 0.2) is 83.2 Å². The lowest BCUT2D eigenvalue weighted by atomic mass is 10.1. The van der Waals surface area contributed by atoms with Crippen molar-refractivity contribution in [2.24, 2.45) is 0 Å². The van der Waals surface area contributed by atoms with Crippen LogP contribution in [-0.4, -0.2) is 29.7 Å². The van der Waals surface area contributed by atoms with E-state index >= 15 is 0 Å². The van der Waals surface area contributed by atoms with Gasteiger partial charge in [-0.05, 0) is 93.8 Å². The average molecular weight is 548 g/mol. The van der Waals surface area contributed by atoms with Gasteiger partial charge in [-0.15, -0.1) is 11.3 Å². The van der Waals surface area contributed by atoms with Crippen LogP contribution in [0.4, 0.5) is 23.1 Å². The third-order valence-corrected chi connectivity index (χ3v) is 7.78. The van der Waals surface area contributed by atoms with Gasteiger partial charge < -0.3 is 10.6 Å². The minimum absolute atomic E-state index is 0.0787. The maximum atomic E-state index is 12.7. The lowest BCUT2D eigenvalue weighted by molar-refractivity contribution is 0.104. The number of hydrogen-bond donors (Lipinski definition) is 3. The normalized spacial score (nSPS) is 12.0. The first kappa shape index (κ1) is 27.2. The molecule has 2 aromatic heterocycles. The van der Waals surface area contributed by atoms with Crippen molar-refractivity contribution in [2.75, 3.05) is 10.6 Å². The Morgan fingerprint density at radius 1 is 0.974 bits per heavy atom. The van der Waals surface area contributed by atoms with Crippen molar-refractivity contribution in [3.63, 3.8) is 0 Å². The van der Waals surface area contributed by atoms with E-state index in [0.717, 1.165) is 16.1 Å². The number of aryl methyl sites for hydroxylation is 1. The van der Waals surface area contributed by atoms with Gasteiger partial charge in [0.2, 0.25) is 16.0 Å². The van der Waals surface area contributed by atoms with E-state index in [2.05, 4.69) is 25.3 Å². The zero-order chi connectivity index (χ0) is 27.3. The van der Waals surface area contributed by atoms with Crippen molar-refractivity contribution >= 4 is 56.4 Å². The first-order valence-electron chi connectivity index (χ1n) is 11.9. The predicted molar refractivity (Wildman–Crippen MR) is 154 cm³/mol. The second-order valence-electron chi connectivity index (χ2n) is 9.65. The summed E-state index contributed by atoms with van der Waals surface area (Å²) in [5, 5.41) is 8.30. The number of nitrogens with one attached hydrogen (secondary N) is 3. The lowest BCUT2D eigenvalue weighted by Gasteiger charge is -2.20. The number of carbonyl (C=O) groups is 1. The highest BCUT2D eigenvalue weighted by Gasteiger charge is 2.22. The molecular formula is C28H29N5O3S2. The number of carbonyl (C=O) groups excluding carboxylic acids is 1. The molecule has 10 heteroatoms. The molecule has 0 aliphatic heterocycles. The van der Waals surface area contributed by atoms with Crippen LogP contribution in [0.5, 0.6) is 0 Å². The molecule has 8 nitrogen and oxygen atoms in total. The smallest absolute Gasteiger partial charge is 0.241 e. The Morgan fingerprint density at radius 3 is 2.42 bits per heavy atom. The van der Waals surface area contributed by atoms with E-state index in [1.54, 1.807) is 99.0 Å². The molecule has 0 atom stereocenters. The molecule has 0 saturated heterocycles. The molecule has 4 aromatic rings. The monoisotopic (exact) mass is 547 g/mol. The van der Waals surface area contributed by atoms with Gasteiger partial charge in [-0.1, -0.05) is 12.1 Å². The molecule has 0 aliphatic carbocycles. The number of thiophene rings is 1. The van der Waals surface area contributed by atoms with E-state index < -0.39 is 15.6 Å². The molecule has 3 N–H and O–H groups in total. The molecule has 0 spiro atoms. The Kier molecular flexibility index (Phi) is 8.05. The number of rotatable bonds is 9. The Bertz CT molecular complexity index is 1560. The van der Waals surface area contributed by atoms with Crippen LogP contribution in [0.1, 0.15) is 41.6 Å². The van der Waals surface area contributed by atoms with Gasteiger partial charge in [0.1, 0.15) is 5.82 Å². The van der Waals surface area contributed by atoms with Gasteiger partial charge in [-0.3, -0.25) is 4.79 Å². The maximum absolute atomic E-state index is 12.7. The summed E-state index contributed by atoms with van der Waals surface area (Å²) in [6.45, 7) is 7.24. The van der Waals surface area contributed by atoms with Gasteiger partial charge in [-0.25, -0.2) is 18.1 Å². The van der Waals surface area contributed by atoms with Crippen LogP contribution in [0.25, 0.3) is 6.08 Å². The number of nitrogens with zero attached hydrogens (tertiary/aromatic N) is 2. The van der Waals surface area contributed by atoms with Crippen molar-refractivity contribution in [2.45, 2.75) is 38.1 Å². The first-order chi connectivity index (χ1) is 18.0. The van der Waals surface area contributed by atoms with Crippen molar-refractivity contribution < 1.29 is 13.2 Å². The highest BCUT2D eigenvalue weighted by Crippen LogP contribution is 2.24. The van der Waals surface area contributed by atoms with Gasteiger partial charge in [0.25, 0.3) is 0 Å². The fraction of sp³-hybridized carbons (Fsp3) is 0.179. The van der Waals surface area contributed by atoms with Gasteiger partial charge in [0.15, 0.2) is 5.78 Å². The molecule has 2 aromatic carbocycles. The molecule has 0 aliphatic rings. The molecule has 0 unspecified atom stereocenters. The maximum Gasteiger partial charge on any atom is 0.241 e. The van der Waals surface area contributed by atoms with E-state index in [1.165, 1.54) is 0 Å². The molecule has 0 bridgehead atoms. The quantitative estimate of drug-likeness (QED) is 0.166. The van der Waals surface area contributed by atoms with Crippen LogP contribution in [0.2, 0.25) is 0 Å². The van der Waals surface area contributed by atoms with Crippen molar-refractivity contribution in [1.29, 1.82) is 0 Å². The lowest BCUT2D eigenvalue weighted by Crippen LogP contribution is -2.40. The summed E-state index contributed by atoms with van der Waals surface area (Å²) in [5.74, 6) is 0.809. The minimum atomic E-state index is -3.68. The number of aromatic nitrogens is 2. The molecule has 38 heavy (non-hydrogen) atoms. The van der Waals surface area contributed by atoms with Gasteiger partial charge in [0.05, 0.1) is 4.90 Å². The standard InChI is InChI=1S/C28H29N5O3S2/c1-19-18-29-27(31-21-12-10-20(11-13-21)25(34)15-14-23-8-6-16-37-23)32-26(19)30-22-7-5-9-24(17-22)38(35,36)33-28(2,3)4/h5-18,33H,1-4H3,(H2,29,30,31,32)/b15-14+. The fourth-order valence-corrected chi connectivity index (χ4v) is 5.54. The third-order valence-electron chi connectivity index (χ3n) is 5.19. The average Bonchev–Trinajstić information content (AvgIpc) is 3.38. The number of anilines is 4. The first-order valence-corrected chi connectivity index (χ1v) is 14.2. The zero-order valence-corrected chi connectivity index (χ0v) is 23.2. The topological polar surface area (TPSA) is 113 Å². The fourth-order valence-electron chi connectivity index (χ4n) is 3.46. The van der Waals surface area contributed by atoms with Crippen molar-refractivity contribution in [3.8, 4) is 0 Å². The molecule has 196 valence electrons. The zero-order valence-electron chi connectivity index (χ0n) is 21.5. The summed E-state index contributed by atoms with van der Waals surface area (Å²) in [5.41, 5.74) is 2.06. The third kappa shape index (κ3) is 7.34. The number of sulfonamides is 1. The van der Waals surface area contributed by atoms with E-state index in [4.69, 9.17) is 0 Å². The number of benzene rings is 2. The second kappa shape index (κ2) is 11.3. The van der Waals surface area contributed by atoms with Crippen LogP contribution in [0, 0.1) is 6.92 Å². The Morgan fingerprint density at radius 2 is 1.74 bits per heavy atom. The minimum Gasteiger partial charge on any atom is -0.340 e. The summed E-state index contributed by atoms with van der Waals surface area (Å²) in [4.78, 5) is 22.5. The number of hydrogen-bond acceptors (Lipinski definition) is 8. The highest BCUT2D eigenvalue weighted by molar-refractivity contribution is 7.89. The SMILES string of the molecule is Cc1cnc(Nc2ccc(C(=O)/C=C/c3cccs3)cc2)nc1Nc1cccc(S(=O)(=O)NC(C)(C)C)c1. The molecule has 0 amide bonds. The highest BCUT2D eigenvalue weighted by atomic mass is 32.2. The Hall–Kier alpha value is -3.86. The summed E-state index contributed by atoms with van der Waals surface area (Å²) in [7, 11) is -3.68. The largest absolute Gasteiger partial charge is 0.340 e. The molecule has 4 rings (SSSR count). The Balaban J connectivity index is 1.46. The molecule has 0 radical (unpaired) electrons. The van der Waals surface area contributed by atoms with Gasteiger partial charge in [-0.2, -0.15) is 4.98 Å². The van der Waals surface area contributed by atoms with Crippen LogP contribution in [-0.2, 0) is 10.0 Å². The van der Waals surface area contributed by atoms with Crippen molar-refractivity contribution in [3.05, 3.63) is 94.3 Å². The van der Waals surface area contributed by atoms with Crippen LogP contribution >= 0.6 is 11.3 Å².